The Hall–Kier alpha value is -2.49. The molecule has 4 heteroatoms. The molecule has 0 radical (unpaired) electrons. The molecule has 2 aromatic rings. The summed E-state index contributed by atoms with van der Waals surface area (Å²) in [5, 5.41) is 0. The molecule has 1 atom stereocenters. The number of carbonyl (C=O) groups excluding carboxylic acids is 1. The Morgan fingerprint density at radius 3 is 2.41 bits per heavy atom. The number of nitrogens with zero attached hydrogens (tertiary/aromatic N) is 1. The lowest BCUT2D eigenvalue weighted by atomic mass is 9.99. The van der Waals surface area contributed by atoms with E-state index < -0.39 is 0 Å². The second kappa shape index (κ2) is 10.3. The molecule has 0 unspecified atom stereocenters. The van der Waals surface area contributed by atoms with Crippen LogP contribution in [0.4, 0.5) is 0 Å². The zero-order valence-corrected chi connectivity index (χ0v) is 17.9. The third-order valence-electron chi connectivity index (χ3n) is 5.21. The van der Waals surface area contributed by atoms with Gasteiger partial charge >= 0.3 is 0 Å². The second-order valence-corrected chi connectivity index (χ2v) is 8.37. The van der Waals surface area contributed by atoms with Crippen LogP contribution in [0.5, 0.6) is 11.5 Å². The minimum absolute atomic E-state index is 0.00522. The Kier molecular flexibility index (Phi) is 7.56. The highest BCUT2D eigenvalue weighted by Gasteiger charge is 2.22. The molecule has 1 heterocycles. The van der Waals surface area contributed by atoms with Crippen LogP contribution in [0.25, 0.3) is 0 Å². The zero-order valence-electron chi connectivity index (χ0n) is 17.9. The first kappa shape index (κ1) is 21.2. The molecule has 0 aromatic heterocycles. The lowest BCUT2D eigenvalue weighted by Crippen LogP contribution is -2.37. The molecule has 2 aromatic carbocycles. The molecule has 0 saturated heterocycles. The molecular formula is C25H33NO3. The maximum Gasteiger partial charge on any atom is 0.225 e. The number of ether oxygens (including phenoxy) is 2. The van der Waals surface area contributed by atoms with Crippen molar-refractivity contribution in [2.75, 3.05) is 19.8 Å². The van der Waals surface area contributed by atoms with Crippen LogP contribution in [-0.2, 0) is 17.8 Å². The Bertz CT molecular complexity index is 788. The lowest BCUT2D eigenvalue weighted by molar-refractivity contribution is -0.136. The van der Waals surface area contributed by atoms with Gasteiger partial charge in [0.25, 0.3) is 0 Å². The van der Waals surface area contributed by atoms with E-state index >= 15 is 0 Å². The number of rotatable bonds is 8. The van der Waals surface area contributed by atoms with Gasteiger partial charge in [0.1, 0.15) is 0 Å². The molecule has 1 aliphatic rings. The summed E-state index contributed by atoms with van der Waals surface area (Å²) in [6, 6.07) is 16.4. The van der Waals surface area contributed by atoms with E-state index in [1.54, 1.807) is 0 Å². The van der Waals surface area contributed by atoms with Crippen molar-refractivity contribution < 1.29 is 14.3 Å². The average Bonchev–Trinajstić information content (AvgIpc) is 2.96. The monoisotopic (exact) mass is 395 g/mol. The van der Waals surface area contributed by atoms with Gasteiger partial charge in [-0.25, -0.2) is 0 Å². The minimum Gasteiger partial charge on any atom is -0.490 e. The molecule has 3 rings (SSSR count). The average molecular weight is 396 g/mol. The maximum atomic E-state index is 13.2. The fraction of sp³-hybridized carbons (Fsp3) is 0.480. The van der Waals surface area contributed by atoms with E-state index in [2.05, 4.69) is 38.1 Å². The number of hydrogen-bond donors (Lipinski definition) is 0. The zero-order chi connectivity index (χ0) is 20.6. The molecule has 0 saturated carbocycles. The molecule has 0 spiro atoms. The van der Waals surface area contributed by atoms with Crippen LogP contribution in [0.2, 0.25) is 0 Å². The number of carbonyl (C=O) groups is 1. The van der Waals surface area contributed by atoms with E-state index in [0.29, 0.717) is 25.7 Å². The summed E-state index contributed by atoms with van der Waals surface area (Å²) in [5.41, 5.74) is 2.36. The van der Waals surface area contributed by atoms with Crippen LogP contribution in [-0.4, -0.2) is 30.6 Å². The van der Waals surface area contributed by atoms with Crippen molar-refractivity contribution in [2.45, 2.75) is 46.6 Å². The Balaban J connectivity index is 1.66. The van der Waals surface area contributed by atoms with Gasteiger partial charge in [0, 0.05) is 25.4 Å². The Morgan fingerprint density at radius 2 is 1.69 bits per heavy atom. The van der Waals surface area contributed by atoms with Gasteiger partial charge in [-0.2, -0.15) is 0 Å². The molecule has 1 amide bonds. The van der Waals surface area contributed by atoms with Crippen LogP contribution in [0.15, 0.2) is 48.5 Å². The highest BCUT2D eigenvalue weighted by Crippen LogP contribution is 2.31. The van der Waals surface area contributed by atoms with Gasteiger partial charge in [-0.3, -0.25) is 4.79 Å². The van der Waals surface area contributed by atoms with Crippen molar-refractivity contribution in [3.05, 3.63) is 59.7 Å². The predicted octanol–water partition coefficient (Wildman–Crippen LogP) is 5.10. The Morgan fingerprint density at radius 1 is 0.966 bits per heavy atom. The topological polar surface area (TPSA) is 38.8 Å². The van der Waals surface area contributed by atoms with Gasteiger partial charge in [-0.05, 0) is 42.0 Å². The van der Waals surface area contributed by atoms with Crippen LogP contribution < -0.4 is 9.47 Å². The standard InChI is InChI=1S/C25H33NO3/c1-19(2)17-26(25(27)20(3)10-11-21-8-5-4-6-9-21)18-22-12-13-23-24(16-22)29-15-7-14-28-23/h4-6,8-9,12-13,16,19-20H,7,10-11,14-15,17-18H2,1-3H3/t20-/m1/s1. The van der Waals surface area contributed by atoms with E-state index in [1.165, 1.54) is 5.56 Å². The summed E-state index contributed by atoms with van der Waals surface area (Å²) < 4.78 is 11.5. The fourth-order valence-corrected chi connectivity index (χ4v) is 3.66. The summed E-state index contributed by atoms with van der Waals surface area (Å²) in [7, 11) is 0. The normalized spacial score (nSPS) is 14.3. The van der Waals surface area contributed by atoms with Crippen LogP contribution >= 0.6 is 0 Å². The number of hydrogen-bond acceptors (Lipinski definition) is 3. The molecule has 1 aliphatic heterocycles. The molecule has 0 aliphatic carbocycles. The van der Waals surface area contributed by atoms with Gasteiger partial charge in [-0.1, -0.05) is 57.2 Å². The quantitative estimate of drug-likeness (QED) is 0.624. The molecule has 156 valence electrons. The van der Waals surface area contributed by atoms with Gasteiger partial charge in [0.05, 0.1) is 13.2 Å². The molecule has 29 heavy (non-hydrogen) atoms. The third kappa shape index (κ3) is 6.25. The molecular weight excluding hydrogens is 362 g/mol. The highest BCUT2D eigenvalue weighted by molar-refractivity contribution is 5.78. The van der Waals surface area contributed by atoms with Crippen molar-refractivity contribution >= 4 is 5.91 Å². The summed E-state index contributed by atoms with van der Waals surface area (Å²) in [6.45, 7) is 9.06. The predicted molar refractivity (Wildman–Crippen MR) is 116 cm³/mol. The van der Waals surface area contributed by atoms with Crippen molar-refractivity contribution in [1.82, 2.24) is 4.90 Å². The van der Waals surface area contributed by atoms with E-state index in [0.717, 1.165) is 42.9 Å². The van der Waals surface area contributed by atoms with Crippen molar-refractivity contribution in [3.63, 3.8) is 0 Å². The van der Waals surface area contributed by atoms with Crippen molar-refractivity contribution in [3.8, 4) is 11.5 Å². The second-order valence-electron chi connectivity index (χ2n) is 8.37. The summed E-state index contributed by atoms with van der Waals surface area (Å²) >= 11 is 0. The molecule has 0 N–H and O–H groups in total. The molecule has 0 fully saturated rings. The first-order chi connectivity index (χ1) is 14.0. The number of benzene rings is 2. The number of amides is 1. The van der Waals surface area contributed by atoms with E-state index in [4.69, 9.17) is 9.47 Å². The van der Waals surface area contributed by atoms with Crippen LogP contribution in [0.3, 0.4) is 0 Å². The maximum absolute atomic E-state index is 13.2. The third-order valence-corrected chi connectivity index (χ3v) is 5.21. The van der Waals surface area contributed by atoms with Gasteiger partial charge in [0.2, 0.25) is 5.91 Å². The largest absolute Gasteiger partial charge is 0.490 e. The van der Waals surface area contributed by atoms with Gasteiger partial charge < -0.3 is 14.4 Å². The highest BCUT2D eigenvalue weighted by atomic mass is 16.5. The first-order valence-electron chi connectivity index (χ1n) is 10.7. The van der Waals surface area contributed by atoms with Gasteiger partial charge in [-0.15, -0.1) is 0 Å². The molecule has 4 nitrogen and oxygen atoms in total. The van der Waals surface area contributed by atoms with Gasteiger partial charge in [0.15, 0.2) is 11.5 Å². The lowest BCUT2D eigenvalue weighted by Gasteiger charge is -2.28. The number of fused-ring (bicyclic) bond motifs is 1. The van der Waals surface area contributed by atoms with E-state index in [1.807, 2.05) is 36.1 Å². The van der Waals surface area contributed by atoms with Crippen molar-refractivity contribution in [1.29, 1.82) is 0 Å². The Labute approximate surface area is 174 Å². The summed E-state index contributed by atoms with van der Waals surface area (Å²) in [4.78, 5) is 15.2. The van der Waals surface area contributed by atoms with Crippen molar-refractivity contribution in [2.24, 2.45) is 11.8 Å². The van der Waals surface area contributed by atoms with E-state index in [9.17, 15) is 4.79 Å². The number of aryl methyl sites for hydroxylation is 1. The van der Waals surface area contributed by atoms with Crippen LogP contribution in [0.1, 0.15) is 44.7 Å². The summed E-state index contributed by atoms with van der Waals surface area (Å²) in [6.07, 6.45) is 2.67. The fourth-order valence-electron chi connectivity index (χ4n) is 3.66. The van der Waals surface area contributed by atoms with Crippen LogP contribution in [0, 0.1) is 11.8 Å². The SMILES string of the molecule is CC(C)CN(Cc1ccc2c(c1)OCCCO2)C(=O)[C@H](C)CCc1ccccc1. The minimum atomic E-state index is -0.00522. The first-order valence-corrected chi connectivity index (χ1v) is 10.7. The molecule has 0 bridgehead atoms. The smallest absolute Gasteiger partial charge is 0.225 e. The summed E-state index contributed by atoms with van der Waals surface area (Å²) in [5.74, 6) is 2.22. The van der Waals surface area contributed by atoms with E-state index in [-0.39, 0.29) is 11.8 Å².